The average Bonchev–Trinajstić information content (AvgIpc) is 3.01. The van der Waals surface area contributed by atoms with Crippen LogP contribution in [0.5, 0.6) is 0 Å². The van der Waals surface area contributed by atoms with Crippen molar-refractivity contribution in [2.45, 2.75) is 33.6 Å². The van der Waals surface area contributed by atoms with E-state index in [2.05, 4.69) is 10.5 Å². The molecule has 1 aromatic carbocycles. The number of aromatic nitrogens is 1. The second kappa shape index (κ2) is 7.42. The number of aliphatic hydroxyl groups excluding tert-OH is 1. The van der Waals surface area contributed by atoms with Gasteiger partial charge in [0.2, 0.25) is 0 Å². The van der Waals surface area contributed by atoms with Crippen LogP contribution >= 0.6 is 0 Å². The third-order valence-electron chi connectivity index (χ3n) is 3.79. The van der Waals surface area contributed by atoms with Crippen LogP contribution in [-0.4, -0.2) is 29.3 Å². The predicted molar refractivity (Wildman–Crippen MR) is 89.1 cm³/mol. The Morgan fingerprint density at radius 1 is 1.35 bits per heavy atom. The maximum Gasteiger partial charge on any atom is 0.273 e. The smallest absolute Gasteiger partial charge is 0.273 e. The van der Waals surface area contributed by atoms with Crippen molar-refractivity contribution in [2.24, 2.45) is 5.41 Å². The lowest BCUT2D eigenvalue weighted by Gasteiger charge is -2.20. The van der Waals surface area contributed by atoms with Crippen molar-refractivity contribution in [1.29, 1.82) is 0 Å². The first-order valence-electron chi connectivity index (χ1n) is 7.84. The van der Waals surface area contributed by atoms with Crippen LogP contribution < -0.4 is 5.32 Å². The minimum absolute atomic E-state index is 0.114. The van der Waals surface area contributed by atoms with E-state index >= 15 is 0 Å². The first kappa shape index (κ1) is 17.2. The van der Waals surface area contributed by atoms with Gasteiger partial charge in [-0.15, -0.1) is 0 Å². The molecule has 0 saturated heterocycles. The Labute approximate surface area is 136 Å². The highest BCUT2D eigenvalue weighted by molar-refractivity contribution is 5.93. The van der Waals surface area contributed by atoms with Gasteiger partial charge in [-0.3, -0.25) is 4.79 Å². The maximum atomic E-state index is 12.1. The van der Waals surface area contributed by atoms with E-state index in [4.69, 9.17) is 4.52 Å². The number of nitrogens with zero attached hydrogens (tertiary/aromatic N) is 1. The Kier molecular flexibility index (Phi) is 5.55. The van der Waals surface area contributed by atoms with Gasteiger partial charge < -0.3 is 14.9 Å². The third-order valence-corrected chi connectivity index (χ3v) is 3.79. The molecule has 0 saturated carbocycles. The van der Waals surface area contributed by atoms with Crippen LogP contribution in [0.25, 0.3) is 11.3 Å². The summed E-state index contributed by atoms with van der Waals surface area (Å²) in [6, 6.07) is 9.50. The van der Waals surface area contributed by atoms with Crippen LogP contribution in [0.1, 0.15) is 42.7 Å². The monoisotopic (exact) mass is 316 g/mol. The third kappa shape index (κ3) is 4.93. The van der Waals surface area contributed by atoms with Gasteiger partial charge in [-0.25, -0.2) is 0 Å². The molecule has 0 unspecified atom stereocenters. The number of amides is 1. The fourth-order valence-corrected chi connectivity index (χ4v) is 2.26. The predicted octanol–water partition coefficient (Wildman–Crippen LogP) is 3.18. The topological polar surface area (TPSA) is 75.4 Å². The zero-order chi connectivity index (χ0) is 16.9. The van der Waals surface area contributed by atoms with Gasteiger partial charge in [-0.1, -0.05) is 42.8 Å². The van der Waals surface area contributed by atoms with E-state index in [9.17, 15) is 9.90 Å². The molecule has 5 heteroatoms. The Morgan fingerprint density at radius 2 is 2.13 bits per heavy atom. The number of carbonyl (C=O) groups excluding carboxylic acids is 1. The van der Waals surface area contributed by atoms with Crippen LogP contribution in [0, 0.1) is 12.3 Å². The fourth-order valence-electron chi connectivity index (χ4n) is 2.26. The van der Waals surface area contributed by atoms with Crippen LogP contribution in [0.4, 0.5) is 0 Å². The number of benzene rings is 1. The molecule has 2 rings (SSSR count). The molecule has 23 heavy (non-hydrogen) atoms. The van der Waals surface area contributed by atoms with Crippen LogP contribution in [0.2, 0.25) is 0 Å². The van der Waals surface area contributed by atoms with Crippen molar-refractivity contribution in [1.82, 2.24) is 10.5 Å². The van der Waals surface area contributed by atoms with Crippen molar-refractivity contribution in [3.05, 3.63) is 41.6 Å². The SMILES string of the molecule is Cc1cccc(-c2cc(C(=O)NCCCC(C)(C)CO)no2)c1. The van der Waals surface area contributed by atoms with Gasteiger partial charge in [0.05, 0.1) is 0 Å². The van der Waals surface area contributed by atoms with E-state index < -0.39 is 0 Å². The maximum absolute atomic E-state index is 12.1. The molecule has 0 aliphatic carbocycles. The lowest BCUT2D eigenvalue weighted by atomic mass is 9.89. The molecule has 124 valence electrons. The second-order valence-corrected chi connectivity index (χ2v) is 6.63. The van der Waals surface area contributed by atoms with Crippen molar-refractivity contribution in [2.75, 3.05) is 13.2 Å². The molecule has 0 atom stereocenters. The molecule has 0 radical (unpaired) electrons. The highest BCUT2D eigenvalue weighted by Gasteiger charge is 2.17. The number of hydrogen-bond acceptors (Lipinski definition) is 4. The van der Waals surface area contributed by atoms with Gasteiger partial charge in [0, 0.05) is 24.8 Å². The molecular weight excluding hydrogens is 292 g/mol. The highest BCUT2D eigenvalue weighted by atomic mass is 16.5. The zero-order valence-electron chi connectivity index (χ0n) is 13.9. The lowest BCUT2D eigenvalue weighted by molar-refractivity contribution is 0.0939. The largest absolute Gasteiger partial charge is 0.396 e. The van der Waals surface area contributed by atoms with Crippen LogP contribution in [-0.2, 0) is 0 Å². The summed E-state index contributed by atoms with van der Waals surface area (Å²) in [4.78, 5) is 12.1. The molecule has 0 fully saturated rings. The lowest BCUT2D eigenvalue weighted by Crippen LogP contribution is -2.26. The first-order valence-corrected chi connectivity index (χ1v) is 7.84. The molecule has 0 aliphatic heterocycles. The second-order valence-electron chi connectivity index (χ2n) is 6.63. The summed E-state index contributed by atoms with van der Waals surface area (Å²) in [7, 11) is 0. The van der Waals surface area contributed by atoms with Gasteiger partial charge in [0.1, 0.15) is 0 Å². The average molecular weight is 316 g/mol. The molecular formula is C18H24N2O3. The number of carbonyl (C=O) groups is 1. The minimum atomic E-state index is -0.241. The van der Waals surface area contributed by atoms with Gasteiger partial charge in [0.25, 0.3) is 5.91 Å². The molecule has 1 amide bonds. The summed E-state index contributed by atoms with van der Waals surface area (Å²) in [5.74, 6) is 0.342. The molecule has 0 spiro atoms. The molecule has 2 N–H and O–H groups in total. The Morgan fingerprint density at radius 3 is 2.83 bits per heavy atom. The molecule has 5 nitrogen and oxygen atoms in total. The molecule has 0 bridgehead atoms. The number of hydrogen-bond donors (Lipinski definition) is 2. The molecule has 2 aromatic rings. The molecule has 1 heterocycles. The van der Waals surface area contributed by atoms with Gasteiger partial charge in [-0.05, 0) is 31.2 Å². The van der Waals surface area contributed by atoms with E-state index in [1.165, 1.54) is 0 Å². The van der Waals surface area contributed by atoms with Crippen molar-refractivity contribution in [3.8, 4) is 11.3 Å². The zero-order valence-corrected chi connectivity index (χ0v) is 13.9. The summed E-state index contributed by atoms with van der Waals surface area (Å²) in [6.45, 7) is 6.70. The van der Waals surface area contributed by atoms with E-state index in [0.29, 0.717) is 12.3 Å². The van der Waals surface area contributed by atoms with E-state index in [-0.39, 0.29) is 23.6 Å². The highest BCUT2D eigenvalue weighted by Crippen LogP contribution is 2.22. The normalized spacial score (nSPS) is 11.5. The quantitative estimate of drug-likeness (QED) is 0.769. The van der Waals surface area contributed by atoms with Gasteiger partial charge in [0.15, 0.2) is 11.5 Å². The van der Waals surface area contributed by atoms with E-state index in [1.807, 2.05) is 45.0 Å². The number of aryl methyl sites for hydroxylation is 1. The Balaban J connectivity index is 1.89. The Bertz CT molecular complexity index is 662. The summed E-state index contributed by atoms with van der Waals surface area (Å²) in [5, 5.41) is 15.9. The molecule has 0 aliphatic rings. The summed E-state index contributed by atoms with van der Waals surface area (Å²) in [5.41, 5.74) is 2.19. The Hall–Kier alpha value is -2.14. The minimum Gasteiger partial charge on any atom is -0.396 e. The van der Waals surface area contributed by atoms with Crippen LogP contribution in [0.15, 0.2) is 34.9 Å². The summed E-state index contributed by atoms with van der Waals surface area (Å²) < 4.78 is 5.26. The van der Waals surface area contributed by atoms with Gasteiger partial charge >= 0.3 is 0 Å². The van der Waals surface area contributed by atoms with Crippen LogP contribution in [0.3, 0.4) is 0 Å². The van der Waals surface area contributed by atoms with E-state index in [0.717, 1.165) is 24.0 Å². The van der Waals surface area contributed by atoms with Crippen molar-refractivity contribution in [3.63, 3.8) is 0 Å². The first-order chi connectivity index (χ1) is 10.9. The fraction of sp³-hybridized carbons (Fsp3) is 0.444. The molecule has 1 aromatic heterocycles. The standard InChI is InChI=1S/C18H24N2O3/c1-13-6-4-7-14(10-13)16-11-15(20-23-16)17(22)19-9-5-8-18(2,3)12-21/h4,6-7,10-11,21H,5,8-9,12H2,1-3H3,(H,19,22). The number of rotatable bonds is 7. The number of aliphatic hydroxyl groups is 1. The number of nitrogens with one attached hydrogen (secondary N) is 1. The van der Waals surface area contributed by atoms with Gasteiger partial charge in [-0.2, -0.15) is 0 Å². The summed E-state index contributed by atoms with van der Waals surface area (Å²) >= 11 is 0. The summed E-state index contributed by atoms with van der Waals surface area (Å²) in [6.07, 6.45) is 1.65. The van der Waals surface area contributed by atoms with Crippen molar-refractivity contribution < 1.29 is 14.4 Å². The van der Waals surface area contributed by atoms with E-state index in [1.54, 1.807) is 6.07 Å². The van der Waals surface area contributed by atoms with Crippen molar-refractivity contribution >= 4 is 5.91 Å².